The molecule has 0 atom stereocenters. The van der Waals surface area contributed by atoms with Gasteiger partial charge in [0.05, 0.1) is 11.7 Å². The van der Waals surface area contributed by atoms with Crippen molar-refractivity contribution >= 4 is 5.91 Å². The molecule has 1 amide bonds. The highest BCUT2D eigenvalue weighted by Gasteiger charge is 2.32. The fraction of sp³-hybridized carbons (Fsp3) is 0.647. The van der Waals surface area contributed by atoms with E-state index in [2.05, 4.69) is 15.2 Å². The normalized spacial score (nSPS) is 20.1. The molecule has 0 spiro atoms. The number of carbonyl (C=O) groups excluding carboxylic acids is 1. The van der Waals surface area contributed by atoms with Crippen LogP contribution in [0.2, 0.25) is 0 Å². The third kappa shape index (κ3) is 3.97. The molecule has 2 heterocycles. The quantitative estimate of drug-likeness (QED) is 0.906. The van der Waals surface area contributed by atoms with Crippen molar-refractivity contribution in [2.45, 2.75) is 57.7 Å². The Bertz CT molecular complexity index is 503. The molecular formula is C17H25N3O2. The smallest absolute Gasteiger partial charge is 0.253 e. The molecule has 1 N–H and O–H groups in total. The van der Waals surface area contributed by atoms with Crippen molar-refractivity contribution in [1.29, 1.82) is 0 Å². The maximum atomic E-state index is 12.3. The van der Waals surface area contributed by atoms with Crippen LogP contribution >= 0.6 is 0 Å². The van der Waals surface area contributed by atoms with Crippen LogP contribution in [-0.4, -0.2) is 47.1 Å². The van der Waals surface area contributed by atoms with Crippen molar-refractivity contribution in [1.82, 2.24) is 15.2 Å². The minimum atomic E-state index is -0.0338. The number of rotatable bonds is 5. The van der Waals surface area contributed by atoms with Gasteiger partial charge in [-0.1, -0.05) is 0 Å². The van der Waals surface area contributed by atoms with E-state index in [-0.39, 0.29) is 18.1 Å². The highest BCUT2D eigenvalue weighted by atomic mass is 16.5. The molecule has 1 aliphatic heterocycles. The van der Waals surface area contributed by atoms with Crippen LogP contribution in [0.1, 0.15) is 49.9 Å². The highest BCUT2D eigenvalue weighted by Crippen LogP contribution is 2.29. The van der Waals surface area contributed by atoms with E-state index < -0.39 is 0 Å². The van der Waals surface area contributed by atoms with Crippen molar-refractivity contribution < 1.29 is 9.53 Å². The second kappa shape index (κ2) is 6.65. The van der Waals surface area contributed by atoms with Crippen LogP contribution in [0.3, 0.4) is 0 Å². The number of carbonyl (C=O) groups is 1. The van der Waals surface area contributed by atoms with Crippen LogP contribution in [0, 0.1) is 0 Å². The van der Waals surface area contributed by atoms with Gasteiger partial charge in [0, 0.05) is 37.4 Å². The average molecular weight is 303 g/mol. The molecular weight excluding hydrogens is 278 g/mol. The minimum absolute atomic E-state index is 0.0338. The van der Waals surface area contributed by atoms with Gasteiger partial charge < -0.3 is 15.0 Å². The Morgan fingerprint density at radius 3 is 2.55 bits per heavy atom. The van der Waals surface area contributed by atoms with Gasteiger partial charge in [-0.05, 0) is 45.6 Å². The van der Waals surface area contributed by atoms with Gasteiger partial charge in [-0.3, -0.25) is 4.79 Å². The largest absolute Gasteiger partial charge is 0.475 e. The lowest BCUT2D eigenvalue weighted by molar-refractivity contribution is 0.0908. The zero-order chi connectivity index (χ0) is 15.5. The molecule has 2 aliphatic rings. The summed E-state index contributed by atoms with van der Waals surface area (Å²) in [5.74, 6) is 0.526. The topological polar surface area (TPSA) is 54.5 Å². The summed E-state index contributed by atoms with van der Waals surface area (Å²) in [5, 5.41) is 3.13. The second-order valence-corrected chi connectivity index (χ2v) is 6.57. The summed E-state index contributed by atoms with van der Waals surface area (Å²) in [7, 11) is 0. The van der Waals surface area contributed by atoms with Gasteiger partial charge in [-0.2, -0.15) is 0 Å². The van der Waals surface area contributed by atoms with Crippen LogP contribution in [0.15, 0.2) is 18.3 Å². The number of nitrogens with zero attached hydrogens (tertiary/aromatic N) is 2. The third-order valence-corrected chi connectivity index (χ3v) is 4.28. The fourth-order valence-corrected chi connectivity index (χ4v) is 2.94. The Morgan fingerprint density at radius 1 is 1.27 bits per heavy atom. The average Bonchev–Trinajstić information content (AvgIpc) is 3.33. The molecule has 0 aromatic carbocycles. The fourth-order valence-electron chi connectivity index (χ4n) is 2.94. The molecule has 5 nitrogen and oxygen atoms in total. The van der Waals surface area contributed by atoms with Crippen LogP contribution in [0.4, 0.5) is 0 Å². The van der Waals surface area contributed by atoms with Gasteiger partial charge in [0.25, 0.3) is 5.91 Å². The van der Waals surface area contributed by atoms with Crippen LogP contribution < -0.4 is 10.1 Å². The van der Waals surface area contributed by atoms with E-state index >= 15 is 0 Å². The van der Waals surface area contributed by atoms with Crippen molar-refractivity contribution in [3.05, 3.63) is 23.9 Å². The summed E-state index contributed by atoms with van der Waals surface area (Å²) in [6.45, 7) is 6.12. The van der Waals surface area contributed by atoms with E-state index in [1.807, 2.05) is 13.8 Å². The molecule has 2 fully saturated rings. The Labute approximate surface area is 132 Å². The van der Waals surface area contributed by atoms with E-state index in [0.717, 1.165) is 32.0 Å². The van der Waals surface area contributed by atoms with Gasteiger partial charge in [0.2, 0.25) is 5.88 Å². The number of likely N-dealkylation sites (tertiary alicyclic amines) is 1. The maximum Gasteiger partial charge on any atom is 0.253 e. The van der Waals surface area contributed by atoms with Crippen molar-refractivity contribution in [2.24, 2.45) is 0 Å². The van der Waals surface area contributed by atoms with Crippen molar-refractivity contribution in [2.75, 3.05) is 13.1 Å². The monoisotopic (exact) mass is 303 g/mol. The number of hydrogen-bond acceptors (Lipinski definition) is 4. The lowest BCUT2D eigenvalue weighted by Gasteiger charge is -2.32. The molecule has 0 radical (unpaired) electrons. The van der Waals surface area contributed by atoms with E-state index in [0.29, 0.717) is 11.4 Å². The molecule has 0 unspecified atom stereocenters. The first kappa shape index (κ1) is 15.3. The summed E-state index contributed by atoms with van der Waals surface area (Å²) < 4.78 is 5.49. The third-order valence-electron chi connectivity index (χ3n) is 4.28. The van der Waals surface area contributed by atoms with Crippen molar-refractivity contribution in [3.63, 3.8) is 0 Å². The number of hydrogen-bond donors (Lipinski definition) is 1. The molecule has 1 saturated carbocycles. The maximum absolute atomic E-state index is 12.3. The minimum Gasteiger partial charge on any atom is -0.475 e. The van der Waals surface area contributed by atoms with Crippen LogP contribution in [0.5, 0.6) is 5.88 Å². The summed E-state index contributed by atoms with van der Waals surface area (Å²) in [4.78, 5) is 19.0. The van der Waals surface area contributed by atoms with Gasteiger partial charge in [0.15, 0.2) is 0 Å². The Balaban J connectivity index is 1.49. The molecule has 3 rings (SSSR count). The molecule has 1 aromatic rings. The zero-order valence-electron chi connectivity index (χ0n) is 13.4. The van der Waals surface area contributed by atoms with Gasteiger partial charge in [-0.25, -0.2) is 4.98 Å². The van der Waals surface area contributed by atoms with E-state index in [4.69, 9.17) is 4.74 Å². The van der Waals surface area contributed by atoms with Crippen LogP contribution in [0.25, 0.3) is 0 Å². The number of ether oxygens (including phenoxy) is 1. The number of aromatic nitrogens is 1. The Kier molecular flexibility index (Phi) is 4.62. The lowest BCUT2D eigenvalue weighted by atomic mass is 10.0. The first-order chi connectivity index (χ1) is 10.6. The summed E-state index contributed by atoms with van der Waals surface area (Å²) >= 11 is 0. The summed E-state index contributed by atoms with van der Waals surface area (Å²) in [5.41, 5.74) is 0.598. The molecule has 120 valence electrons. The van der Waals surface area contributed by atoms with E-state index in [1.165, 1.54) is 12.8 Å². The molecule has 22 heavy (non-hydrogen) atoms. The Morgan fingerprint density at radius 2 is 2.00 bits per heavy atom. The summed E-state index contributed by atoms with van der Waals surface area (Å²) in [6, 6.07) is 4.65. The number of pyridine rings is 1. The molecule has 1 aliphatic carbocycles. The predicted octanol–water partition coefficient (Wildman–Crippen LogP) is 2.23. The first-order valence-electron chi connectivity index (χ1n) is 8.29. The zero-order valence-corrected chi connectivity index (χ0v) is 13.4. The first-order valence-corrected chi connectivity index (χ1v) is 8.29. The predicted molar refractivity (Wildman–Crippen MR) is 85.1 cm³/mol. The lowest BCUT2D eigenvalue weighted by Crippen LogP contribution is -2.45. The van der Waals surface area contributed by atoms with Gasteiger partial charge in [0.1, 0.15) is 0 Å². The van der Waals surface area contributed by atoms with Gasteiger partial charge >= 0.3 is 0 Å². The molecule has 1 aromatic heterocycles. The van der Waals surface area contributed by atoms with Crippen molar-refractivity contribution in [3.8, 4) is 5.88 Å². The molecule has 0 bridgehead atoms. The standard InChI is InChI=1S/C17H25N3O2/c1-12(2)22-16-6-3-13(11-18-16)17(21)19-14-7-9-20(10-8-14)15-4-5-15/h3,6,11-12,14-15H,4-5,7-10H2,1-2H3,(H,19,21). The number of amides is 1. The SMILES string of the molecule is CC(C)Oc1ccc(C(=O)NC2CCN(C3CC3)CC2)cn1. The number of nitrogens with one attached hydrogen (secondary N) is 1. The van der Waals surface area contributed by atoms with E-state index in [1.54, 1.807) is 18.3 Å². The molecule has 5 heteroatoms. The molecule has 1 saturated heterocycles. The Hall–Kier alpha value is -1.62. The van der Waals surface area contributed by atoms with E-state index in [9.17, 15) is 4.79 Å². The summed E-state index contributed by atoms with van der Waals surface area (Å²) in [6.07, 6.45) is 6.48. The highest BCUT2D eigenvalue weighted by molar-refractivity contribution is 5.94. The number of piperidine rings is 1. The van der Waals surface area contributed by atoms with Gasteiger partial charge in [-0.15, -0.1) is 0 Å². The van der Waals surface area contributed by atoms with Crippen LogP contribution in [-0.2, 0) is 0 Å². The second-order valence-electron chi connectivity index (χ2n) is 6.57.